The lowest BCUT2D eigenvalue weighted by molar-refractivity contribution is -0.147. The first kappa shape index (κ1) is 26.1. The number of carbonyl (C=O) groups excluding carboxylic acids is 1. The molecule has 11 heteroatoms. The number of hydrogen-bond donors (Lipinski definition) is 1. The molecule has 7 nitrogen and oxygen atoms in total. The van der Waals surface area contributed by atoms with Gasteiger partial charge >= 0.3 is 12.1 Å². The Kier molecular flexibility index (Phi) is 7.66. The second kappa shape index (κ2) is 9.99. The fourth-order valence-corrected chi connectivity index (χ4v) is 4.47. The summed E-state index contributed by atoms with van der Waals surface area (Å²) in [7, 11) is 0. The zero-order chi connectivity index (χ0) is 25.3. The van der Waals surface area contributed by atoms with Crippen molar-refractivity contribution in [2.24, 2.45) is 10.9 Å². The number of unbranched alkanes of at least 4 members (excludes halogenated alkanes) is 1. The van der Waals surface area contributed by atoms with E-state index in [9.17, 15) is 22.8 Å². The van der Waals surface area contributed by atoms with Gasteiger partial charge in [-0.05, 0) is 24.1 Å². The monoisotopic (exact) mass is 498 g/mol. The molecule has 2 aromatic rings. The van der Waals surface area contributed by atoms with Crippen LogP contribution in [0, 0.1) is 5.92 Å². The third kappa shape index (κ3) is 6.12. The van der Waals surface area contributed by atoms with Crippen molar-refractivity contribution >= 4 is 23.2 Å². The van der Waals surface area contributed by atoms with Crippen molar-refractivity contribution in [3.63, 3.8) is 0 Å². The number of halogens is 3. The van der Waals surface area contributed by atoms with E-state index in [1.165, 1.54) is 17.4 Å². The van der Waals surface area contributed by atoms with Crippen LogP contribution < -0.4 is 4.80 Å². The first-order chi connectivity index (χ1) is 15.8. The standard InChI is InChI=1S/C23H29F3N4O3S/c1-5-6-9-30-21(34-20(28-30)22(2,3)4)27-18(31)17-10-16(23(24,25)26)8-7-14(17)11-29-12-15(13-29)19(32)33/h7-8,10,15H,5-6,9,11-13H2,1-4H3,(H,32,33)/b27-21-. The lowest BCUT2D eigenvalue weighted by Crippen LogP contribution is -2.49. The smallest absolute Gasteiger partial charge is 0.416 e. The topological polar surface area (TPSA) is 87.8 Å². The first-order valence-corrected chi connectivity index (χ1v) is 11.9. The highest BCUT2D eigenvalue weighted by Crippen LogP contribution is 2.32. The zero-order valence-corrected chi connectivity index (χ0v) is 20.5. The molecule has 1 N–H and O–H groups in total. The number of aliphatic carboxylic acids is 1. The minimum Gasteiger partial charge on any atom is -0.481 e. The fraction of sp³-hybridized carbons (Fsp3) is 0.565. The molecule has 34 heavy (non-hydrogen) atoms. The number of carboxylic acids is 1. The number of aryl methyl sites for hydroxylation is 1. The Balaban J connectivity index is 2.00. The molecule has 0 bridgehead atoms. The van der Waals surface area contributed by atoms with E-state index in [0.29, 0.717) is 16.9 Å². The van der Waals surface area contributed by atoms with Crippen molar-refractivity contribution in [1.82, 2.24) is 14.7 Å². The maximum atomic E-state index is 13.4. The van der Waals surface area contributed by atoms with Gasteiger partial charge in [0.2, 0.25) is 4.80 Å². The summed E-state index contributed by atoms with van der Waals surface area (Å²) in [6.45, 7) is 9.28. The maximum Gasteiger partial charge on any atom is 0.416 e. The minimum atomic E-state index is -4.61. The van der Waals surface area contributed by atoms with Crippen LogP contribution >= 0.6 is 11.3 Å². The first-order valence-electron chi connectivity index (χ1n) is 11.1. The Morgan fingerprint density at radius 2 is 1.91 bits per heavy atom. The SMILES string of the molecule is CCCCn1nc(C(C)(C)C)s/c1=N\C(=O)c1cc(C(F)(F)F)ccc1CN1CC(C(=O)O)C1. The molecule has 1 fully saturated rings. The number of nitrogens with zero attached hydrogens (tertiary/aromatic N) is 4. The van der Waals surface area contributed by atoms with Crippen LogP contribution in [0.4, 0.5) is 13.2 Å². The van der Waals surface area contributed by atoms with Crippen LogP contribution in [0.3, 0.4) is 0 Å². The molecular weight excluding hydrogens is 469 g/mol. The van der Waals surface area contributed by atoms with Gasteiger partial charge in [-0.1, -0.05) is 51.5 Å². The van der Waals surface area contributed by atoms with E-state index in [2.05, 4.69) is 10.1 Å². The number of rotatable bonds is 7. The van der Waals surface area contributed by atoms with E-state index in [0.717, 1.165) is 30.0 Å². The summed E-state index contributed by atoms with van der Waals surface area (Å²) < 4.78 is 41.8. The largest absolute Gasteiger partial charge is 0.481 e. The zero-order valence-electron chi connectivity index (χ0n) is 19.6. The molecule has 0 saturated carbocycles. The summed E-state index contributed by atoms with van der Waals surface area (Å²) >= 11 is 1.26. The average Bonchev–Trinajstić information content (AvgIpc) is 3.10. The molecule has 0 unspecified atom stereocenters. The van der Waals surface area contributed by atoms with Crippen LogP contribution in [0.1, 0.15) is 67.0 Å². The molecular formula is C23H29F3N4O3S. The number of amides is 1. The molecule has 1 aromatic heterocycles. The van der Waals surface area contributed by atoms with Gasteiger partial charge in [0.25, 0.3) is 5.91 Å². The van der Waals surface area contributed by atoms with Crippen LogP contribution in [0.2, 0.25) is 0 Å². The Morgan fingerprint density at radius 1 is 1.24 bits per heavy atom. The highest BCUT2D eigenvalue weighted by atomic mass is 32.1. The van der Waals surface area contributed by atoms with E-state index >= 15 is 0 Å². The summed E-state index contributed by atoms with van der Waals surface area (Å²) in [6, 6.07) is 3.04. The Hall–Kier alpha value is -2.53. The summed E-state index contributed by atoms with van der Waals surface area (Å²) in [5.41, 5.74) is -0.956. The molecule has 2 heterocycles. The summed E-state index contributed by atoms with van der Waals surface area (Å²) in [5, 5.41) is 14.4. The molecule has 186 valence electrons. The normalized spacial score (nSPS) is 16.0. The molecule has 1 aliphatic rings. The lowest BCUT2D eigenvalue weighted by atomic mass is 9.97. The summed E-state index contributed by atoms with van der Waals surface area (Å²) in [4.78, 5) is 30.6. The van der Waals surface area contributed by atoms with Crippen LogP contribution in [-0.4, -0.2) is 44.8 Å². The van der Waals surface area contributed by atoms with Gasteiger partial charge in [-0.25, -0.2) is 4.68 Å². The molecule has 1 amide bonds. The van der Waals surface area contributed by atoms with Crippen molar-refractivity contribution in [2.45, 2.75) is 65.2 Å². The van der Waals surface area contributed by atoms with Gasteiger partial charge in [0, 0.05) is 37.2 Å². The van der Waals surface area contributed by atoms with Crippen LogP contribution in [0.5, 0.6) is 0 Å². The molecule has 0 aliphatic carbocycles. The van der Waals surface area contributed by atoms with Gasteiger partial charge in [0.05, 0.1) is 11.5 Å². The number of carbonyl (C=O) groups is 2. The number of carboxylic acid groups (broad SMARTS) is 1. The van der Waals surface area contributed by atoms with E-state index in [-0.39, 0.29) is 30.6 Å². The van der Waals surface area contributed by atoms with Crippen molar-refractivity contribution < 1.29 is 27.9 Å². The van der Waals surface area contributed by atoms with Gasteiger partial charge < -0.3 is 5.11 Å². The van der Waals surface area contributed by atoms with Gasteiger partial charge in [-0.3, -0.25) is 14.5 Å². The number of hydrogen-bond acceptors (Lipinski definition) is 5. The third-order valence-electron chi connectivity index (χ3n) is 5.55. The maximum absolute atomic E-state index is 13.4. The Bertz CT molecular complexity index is 1130. The van der Waals surface area contributed by atoms with Gasteiger partial charge in [-0.2, -0.15) is 23.3 Å². The highest BCUT2D eigenvalue weighted by molar-refractivity contribution is 7.09. The van der Waals surface area contributed by atoms with Crippen molar-refractivity contribution in [3.8, 4) is 0 Å². The number of likely N-dealkylation sites (tertiary alicyclic amines) is 1. The highest BCUT2D eigenvalue weighted by Gasteiger charge is 2.35. The minimum absolute atomic E-state index is 0.138. The van der Waals surface area contributed by atoms with Gasteiger partial charge in [-0.15, -0.1) is 0 Å². The second-order valence-electron chi connectivity index (χ2n) is 9.53. The van der Waals surface area contributed by atoms with Crippen LogP contribution in [-0.2, 0) is 29.5 Å². The van der Waals surface area contributed by atoms with Crippen LogP contribution in [0.15, 0.2) is 23.2 Å². The summed E-state index contributed by atoms with van der Waals surface area (Å²) in [6.07, 6.45) is -2.87. The van der Waals surface area contributed by atoms with Crippen molar-refractivity contribution in [2.75, 3.05) is 13.1 Å². The van der Waals surface area contributed by atoms with E-state index in [4.69, 9.17) is 5.11 Å². The van der Waals surface area contributed by atoms with Crippen LogP contribution in [0.25, 0.3) is 0 Å². The van der Waals surface area contributed by atoms with Gasteiger partial charge in [0.1, 0.15) is 5.01 Å². The number of benzene rings is 1. The lowest BCUT2D eigenvalue weighted by Gasteiger charge is -2.36. The van der Waals surface area contributed by atoms with Crippen molar-refractivity contribution in [1.29, 1.82) is 0 Å². The van der Waals surface area contributed by atoms with E-state index < -0.39 is 29.5 Å². The Labute approximate surface area is 199 Å². The number of aromatic nitrogens is 2. The predicted octanol–water partition coefficient (Wildman–Crippen LogP) is 4.32. The quantitative estimate of drug-likeness (QED) is 0.614. The molecule has 1 aliphatic heterocycles. The summed E-state index contributed by atoms with van der Waals surface area (Å²) in [5.74, 6) is -2.19. The molecule has 0 spiro atoms. The number of alkyl halides is 3. The molecule has 1 saturated heterocycles. The Morgan fingerprint density at radius 3 is 2.47 bits per heavy atom. The molecule has 3 rings (SSSR count). The van der Waals surface area contributed by atoms with E-state index in [1.54, 1.807) is 9.58 Å². The van der Waals surface area contributed by atoms with Crippen molar-refractivity contribution in [3.05, 3.63) is 44.7 Å². The van der Waals surface area contributed by atoms with Gasteiger partial charge in [0.15, 0.2) is 0 Å². The molecule has 1 aromatic carbocycles. The predicted molar refractivity (Wildman–Crippen MR) is 121 cm³/mol. The molecule has 0 atom stereocenters. The second-order valence-corrected chi connectivity index (χ2v) is 10.5. The van der Waals surface area contributed by atoms with E-state index in [1.807, 2.05) is 27.7 Å². The third-order valence-corrected chi connectivity index (χ3v) is 6.92. The molecule has 0 radical (unpaired) electrons. The fourth-order valence-electron chi connectivity index (χ4n) is 3.48. The average molecular weight is 499 g/mol.